The minimum atomic E-state index is -3.57. The third-order valence-electron chi connectivity index (χ3n) is 1.83. The van der Waals surface area contributed by atoms with E-state index in [1.165, 1.54) is 18.9 Å². The summed E-state index contributed by atoms with van der Waals surface area (Å²) in [5, 5.41) is 0.379. The molecular weight excluding hydrogens is 291 g/mol. The molecule has 1 aromatic carbocycles. The Labute approximate surface area is 108 Å². The minimum absolute atomic E-state index is 0.244. The van der Waals surface area contributed by atoms with Gasteiger partial charge >= 0.3 is 0 Å². The fourth-order valence-corrected chi connectivity index (χ4v) is 3.22. The number of ether oxygens (including phenoxy) is 1. The van der Waals surface area contributed by atoms with E-state index in [4.69, 9.17) is 27.0 Å². The van der Waals surface area contributed by atoms with E-state index in [9.17, 15) is 8.42 Å². The van der Waals surface area contributed by atoms with Gasteiger partial charge in [0.05, 0.1) is 22.8 Å². The van der Waals surface area contributed by atoms with E-state index in [-0.39, 0.29) is 5.75 Å². The summed E-state index contributed by atoms with van der Waals surface area (Å²) in [7, 11) is 3.12. The maximum absolute atomic E-state index is 11.0. The smallest absolute Gasteiger partial charge is 0.236 e. The van der Waals surface area contributed by atoms with Gasteiger partial charge in [-0.3, -0.25) is 0 Å². The molecule has 90 valence electrons. The van der Waals surface area contributed by atoms with Crippen LogP contribution in [0, 0.1) is 0 Å². The van der Waals surface area contributed by atoms with Crippen LogP contribution in [0.1, 0.15) is 5.56 Å². The lowest BCUT2D eigenvalue weighted by atomic mass is 10.2. The van der Waals surface area contributed by atoms with Crippen LogP contribution in [-0.2, 0) is 14.8 Å². The largest absolute Gasteiger partial charge is 0.494 e. The fourth-order valence-electron chi connectivity index (χ4n) is 1.25. The molecule has 0 unspecified atom stereocenters. The molecule has 0 radical (unpaired) electrons. The molecule has 0 fully saturated rings. The SMILES string of the molecule is COc1c(Cl)cc(CS(=O)(=O)Cl)cc1SC. The molecule has 0 saturated heterocycles. The quantitative estimate of drug-likeness (QED) is 0.633. The van der Waals surface area contributed by atoms with Gasteiger partial charge in [0.2, 0.25) is 9.05 Å². The zero-order chi connectivity index (χ0) is 12.3. The molecule has 7 heteroatoms. The molecule has 1 rings (SSSR count). The number of thioether (sulfide) groups is 1. The molecule has 1 aromatic rings. The molecule has 3 nitrogen and oxygen atoms in total. The van der Waals surface area contributed by atoms with Crippen LogP contribution in [0.15, 0.2) is 17.0 Å². The second kappa shape index (κ2) is 5.49. The standard InChI is InChI=1S/C9H10Cl2O3S2/c1-14-9-7(10)3-6(4-8(9)15-2)5-16(11,12)13/h3-4H,5H2,1-2H3. The fraction of sp³-hybridized carbons (Fsp3) is 0.333. The minimum Gasteiger partial charge on any atom is -0.494 e. The first-order chi connectivity index (χ1) is 7.37. The summed E-state index contributed by atoms with van der Waals surface area (Å²) in [4.78, 5) is 0.783. The first kappa shape index (κ1) is 14.0. The van der Waals surface area contributed by atoms with Gasteiger partial charge in [-0.2, -0.15) is 0 Å². The lowest BCUT2D eigenvalue weighted by Crippen LogP contribution is -1.97. The van der Waals surface area contributed by atoms with Crippen molar-refractivity contribution < 1.29 is 13.2 Å². The van der Waals surface area contributed by atoms with E-state index in [1.807, 2.05) is 6.26 Å². The molecule has 0 atom stereocenters. The maximum Gasteiger partial charge on any atom is 0.236 e. The van der Waals surface area contributed by atoms with E-state index in [2.05, 4.69) is 0 Å². The Bertz CT molecular complexity index is 486. The Morgan fingerprint density at radius 2 is 2.06 bits per heavy atom. The van der Waals surface area contributed by atoms with E-state index < -0.39 is 9.05 Å². The van der Waals surface area contributed by atoms with Crippen LogP contribution in [0.4, 0.5) is 0 Å². The van der Waals surface area contributed by atoms with Gasteiger partial charge in [0.1, 0.15) is 0 Å². The highest BCUT2D eigenvalue weighted by molar-refractivity contribution is 8.13. The number of hydrogen-bond acceptors (Lipinski definition) is 4. The van der Waals surface area contributed by atoms with Crippen LogP contribution in [0.2, 0.25) is 5.02 Å². The number of halogens is 2. The Morgan fingerprint density at radius 3 is 2.50 bits per heavy atom. The highest BCUT2D eigenvalue weighted by atomic mass is 35.7. The van der Waals surface area contributed by atoms with Crippen LogP contribution in [0.25, 0.3) is 0 Å². The Balaban J connectivity index is 3.20. The van der Waals surface area contributed by atoms with Crippen molar-refractivity contribution in [2.45, 2.75) is 10.6 Å². The predicted octanol–water partition coefficient (Wildman–Crippen LogP) is 3.14. The highest BCUT2D eigenvalue weighted by Crippen LogP contribution is 2.36. The Morgan fingerprint density at radius 1 is 1.44 bits per heavy atom. The van der Waals surface area contributed by atoms with Crippen molar-refractivity contribution in [1.82, 2.24) is 0 Å². The van der Waals surface area contributed by atoms with Crippen LogP contribution in [0.5, 0.6) is 5.75 Å². The zero-order valence-corrected chi connectivity index (χ0v) is 11.8. The average molecular weight is 301 g/mol. The van der Waals surface area contributed by atoms with Crippen LogP contribution in [-0.4, -0.2) is 21.8 Å². The number of benzene rings is 1. The lowest BCUT2D eigenvalue weighted by Gasteiger charge is -2.10. The molecule has 0 saturated carbocycles. The van der Waals surface area contributed by atoms with Gasteiger partial charge in [0.25, 0.3) is 0 Å². The molecule has 0 N–H and O–H groups in total. The van der Waals surface area contributed by atoms with Crippen LogP contribution < -0.4 is 4.74 Å². The molecule has 0 aliphatic carbocycles. The zero-order valence-electron chi connectivity index (χ0n) is 8.66. The summed E-state index contributed by atoms with van der Waals surface area (Å²) in [6, 6.07) is 3.25. The monoisotopic (exact) mass is 300 g/mol. The van der Waals surface area contributed by atoms with E-state index in [1.54, 1.807) is 12.1 Å². The highest BCUT2D eigenvalue weighted by Gasteiger charge is 2.13. The predicted molar refractivity (Wildman–Crippen MR) is 68.3 cm³/mol. The molecule has 0 aromatic heterocycles. The van der Waals surface area contributed by atoms with Crippen molar-refractivity contribution in [3.63, 3.8) is 0 Å². The van der Waals surface area contributed by atoms with Gasteiger partial charge in [-0.05, 0) is 24.0 Å². The van der Waals surface area contributed by atoms with E-state index in [0.717, 1.165) is 4.90 Å². The summed E-state index contributed by atoms with van der Waals surface area (Å²) < 4.78 is 27.0. The second-order valence-electron chi connectivity index (χ2n) is 3.00. The van der Waals surface area contributed by atoms with Crippen LogP contribution in [0.3, 0.4) is 0 Å². The van der Waals surface area contributed by atoms with Crippen LogP contribution >= 0.6 is 34.0 Å². The van der Waals surface area contributed by atoms with Crippen molar-refractivity contribution >= 4 is 43.1 Å². The number of rotatable bonds is 4. The molecule has 16 heavy (non-hydrogen) atoms. The van der Waals surface area contributed by atoms with Crippen molar-refractivity contribution in [2.75, 3.05) is 13.4 Å². The van der Waals surface area contributed by atoms with E-state index >= 15 is 0 Å². The molecule has 0 amide bonds. The van der Waals surface area contributed by atoms with Gasteiger partial charge in [0.15, 0.2) is 5.75 Å². The normalized spacial score (nSPS) is 11.5. The second-order valence-corrected chi connectivity index (χ2v) is 7.03. The van der Waals surface area contributed by atoms with Gasteiger partial charge in [-0.1, -0.05) is 11.6 Å². The molecule has 0 aliphatic rings. The average Bonchev–Trinajstić information content (AvgIpc) is 2.14. The van der Waals surface area contributed by atoms with Gasteiger partial charge in [-0.25, -0.2) is 8.42 Å². The first-order valence-electron chi connectivity index (χ1n) is 4.20. The first-order valence-corrected chi connectivity index (χ1v) is 8.28. The van der Waals surface area contributed by atoms with Crippen molar-refractivity contribution in [2.24, 2.45) is 0 Å². The number of methoxy groups -OCH3 is 1. The Kier molecular flexibility index (Phi) is 4.79. The molecule has 0 spiro atoms. The third-order valence-corrected chi connectivity index (χ3v) is 3.86. The summed E-state index contributed by atoms with van der Waals surface area (Å²) in [6.45, 7) is 0. The van der Waals surface area contributed by atoms with Crippen molar-refractivity contribution in [1.29, 1.82) is 0 Å². The van der Waals surface area contributed by atoms with Gasteiger partial charge < -0.3 is 4.74 Å². The summed E-state index contributed by atoms with van der Waals surface area (Å²) in [5.74, 6) is 0.302. The summed E-state index contributed by atoms with van der Waals surface area (Å²) in [5.41, 5.74) is 0.546. The molecule has 0 bridgehead atoms. The topological polar surface area (TPSA) is 43.4 Å². The van der Waals surface area contributed by atoms with Crippen molar-refractivity contribution in [3.8, 4) is 5.75 Å². The van der Waals surface area contributed by atoms with Gasteiger partial charge in [-0.15, -0.1) is 11.8 Å². The Hall–Kier alpha value is -0.100. The molecular formula is C9H10Cl2O3S2. The number of hydrogen-bond donors (Lipinski definition) is 0. The molecule has 0 heterocycles. The summed E-state index contributed by atoms with van der Waals surface area (Å²) in [6.07, 6.45) is 1.85. The van der Waals surface area contributed by atoms with Gasteiger partial charge in [0, 0.05) is 10.7 Å². The summed E-state index contributed by atoms with van der Waals surface area (Å²) >= 11 is 7.39. The lowest BCUT2D eigenvalue weighted by molar-refractivity contribution is 0.405. The molecule has 0 aliphatic heterocycles. The van der Waals surface area contributed by atoms with E-state index in [0.29, 0.717) is 16.3 Å². The third kappa shape index (κ3) is 3.73. The maximum atomic E-state index is 11.0. The van der Waals surface area contributed by atoms with Crippen molar-refractivity contribution in [3.05, 3.63) is 22.7 Å².